The summed E-state index contributed by atoms with van der Waals surface area (Å²) < 4.78 is 50.0. The molecule has 0 aromatic heterocycles. The van der Waals surface area contributed by atoms with Gasteiger partial charge in [-0.15, -0.1) is 0 Å². The summed E-state index contributed by atoms with van der Waals surface area (Å²) in [5.74, 6) is -1.88. The lowest BCUT2D eigenvalue weighted by Crippen LogP contribution is -2.20. The van der Waals surface area contributed by atoms with Crippen molar-refractivity contribution < 1.29 is 22.4 Å². The summed E-state index contributed by atoms with van der Waals surface area (Å²) in [6, 6.07) is 2.29. The lowest BCUT2D eigenvalue weighted by Gasteiger charge is -2.11. The zero-order chi connectivity index (χ0) is 13.2. The van der Waals surface area contributed by atoms with Crippen molar-refractivity contribution in [1.82, 2.24) is 0 Å². The van der Waals surface area contributed by atoms with Crippen molar-refractivity contribution in [3.63, 3.8) is 0 Å². The molecular weight excluding hydrogens is 306 g/mol. The second-order valence-corrected chi connectivity index (χ2v) is 4.67. The lowest BCUT2D eigenvalue weighted by molar-refractivity contribution is -0.140. The molecule has 0 aliphatic carbocycles. The highest BCUT2D eigenvalue weighted by Gasteiger charge is 2.34. The second-order valence-electron chi connectivity index (χ2n) is 3.30. The Labute approximate surface area is 103 Å². The highest BCUT2D eigenvalue weighted by Crippen LogP contribution is 2.33. The summed E-state index contributed by atoms with van der Waals surface area (Å²) in [6.07, 6.45) is -4.79. The lowest BCUT2D eigenvalue weighted by atomic mass is 10.2. The highest BCUT2D eigenvalue weighted by atomic mass is 79.9. The molecule has 0 aliphatic rings. The predicted molar refractivity (Wildman–Crippen MR) is 58.4 cm³/mol. The fraction of sp³-hybridized carbons (Fsp3) is 0.300. The van der Waals surface area contributed by atoms with Crippen LogP contribution in [0.3, 0.4) is 0 Å². The Morgan fingerprint density at radius 3 is 2.47 bits per heavy atom. The molecule has 0 saturated carbocycles. The molecule has 7 heteroatoms. The van der Waals surface area contributed by atoms with Gasteiger partial charge < -0.3 is 5.32 Å². The monoisotopic (exact) mass is 313 g/mol. The third kappa shape index (κ3) is 3.69. The van der Waals surface area contributed by atoms with Crippen LogP contribution < -0.4 is 5.32 Å². The van der Waals surface area contributed by atoms with Crippen LogP contribution in [0.2, 0.25) is 0 Å². The first kappa shape index (κ1) is 14.0. The summed E-state index contributed by atoms with van der Waals surface area (Å²) in [6.45, 7) is 1.52. The third-order valence-corrected chi connectivity index (χ3v) is 2.32. The summed E-state index contributed by atoms with van der Waals surface area (Å²) in [5.41, 5.74) is -1.51. The van der Waals surface area contributed by atoms with Crippen molar-refractivity contribution in [3.8, 4) is 0 Å². The van der Waals surface area contributed by atoms with Crippen molar-refractivity contribution >= 4 is 27.5 Å². The number of benzene rings is 1. The summed E-state index contributed by atoms with van der Waals surface area (Å²) >= 11 is 2.96. The summed E-state index contributed by atoms with van der Waals surface area (Å²) in [7, 11) is 0. The van der Waals surface area contributed by atoms with Crippen LogP contribution in [0, 0.1) is 5.82 Å². The predicted octanol–water partition coefficient (Wildman–Crippen LogP) is 3.57. The van der Waals surface area contributed by atoms with Gasteiger partial charge in [0.05, 0.1) is 10.4 Å². The zero-order valence-electron chi connectivity index (χ0n) is 8.61. The first-order valence-corrected chi connectivity index (χ1v) is 5.45. The van der Waals surface area contributed by atoms with Gasteiger partial charge in [0.25, 0.3) is 0 Å². The Morgan fingerprint density at radius 1 is 1.41 bits per heavy atom. The molecule has 0 spiro atoms. The van der Waals surface area contributed by atoms with Crippen molar-refractivity contribution in [1.29, 1.82) is 0 Å². The van der Waals surface area contributed by atoms with Crippen LogP contribution in [-0.4, -0.2) is 10.7 Å². The van der Waals surface area contributed by atoms with Gasteiger partial charge in [-0.1, -0.05) is 15.9 Å². The van der Waals surface area contributed by atoms with Crippen LogP contribution >= 0.6 is 15.9 Å². The average molecular weight is 314 g/mol. The van der Waals surface area contributed by atoms with Gasteiger partial charge in [0.1, 0.15) is 5.82 Å². The minimum Gasteiger partial charge on any atom is -0.325 e. The quantitative estimate of drug-likeness (QED) is 0.656. The average Bonchev–Trinajstić information content (AvgIpc) is 2.19. The number of hydrogen-bond acceptors (Lipinski definition) is 1. The van der Waals surface area contributed by atoms with E-state index in [1.165, 1.54) is 6.92 Å². The molecule has 1 atom stereocenters. The number of halogens is 5. The Bertz CT molecular complexity index is 431. The van der Waals surface area contributed by atoms with E-state index >= 15 is 0 Å². The first-order chi connectivity index (χ1) is 7.71. The number of carbonyl (C=O) groups is 1. The van der Waals surface area contributed by atoms with Gasteiger partial charge in [-0.3, -0.25) is 4.79 Å². The van der Waals surface area contributed by atoms with E-state index in [4.69, 9.17) is 0 Å². The molecule has 1 amide bonds. The Hall–Kier alpha value is -1.11. The van der Waals surface area contributed by atoms with Crippen LogP contribution in [0.15, 0.2) is 18.2 Å². The van der Waals surface area contributed by atoms with Crippen LogP contribution in [0.5, 0.6) is 0 Å². The Kier molecular flexibility index (Phi) is 4.13. The summed E-state index contributed by atoms with van der Waals surface area (Å²) in [4.78, 5) is 10.7. The van der Waals surface area contributed by atoms with Crippen LogP contribution in [0.25, 0.3) is 0 Å². The van der Waals surface area contributed by atoms with Gasteiger partial charge in [-0.25, -0.2) is 4.39 Å². The van der Waals surface area contributed by atoms with Crippen LogP contribution in [0.4, 0.5) is 23.2 Å². The molecule has 1 aromatic rings. The van der Waals surface area contributed by atoms with E-state index in [0.717, 1.165) is 6.07 Å². The Morgan fingerprint density at radius 2 is 2.00 bits per heavy atom. The maximum absolute atomic E-state index is 12.9. The number of nitrogens with one attached hydrogen (secondary N) is 1. The smallest absolute Gasteiger partial charge is 0.325 e. The first-order valence-electron chi connectivity index (χ1n) is 4.53. The topological polar surface area (TPSA) is 29.1 Å². The molecule has 0 fully saturated rings. The zero-order valence-corrected chi connectivity index (χ0v) is 10.2. The normalized spacial score (nSPS) is 13.3. The van der Waals surface area contributed by atoms with Crippen molar-refractivity contribution in [3.05, 3.63) is 29.6 Å². The molecule has 1 rings (SSSR count). The fourth-order valence-corrected chi connectivity index (χ4v) is 1.18. The van der Waals surface area contributed by atoms with E-state index in [1.807, 2.05) is 0 Å². The molecular formula is C10H8BrF4NO. The summed E-state index contributed by atoms with van der Waals surface area (Å²) in [5, 5.41) is 2.23. The van der Waals surface area contributed by atoms with Crippen LogP contribution in [0.1, 0.15) is 12.5 Å². The highest BCUT2D eigenvalue weighted by molar-refractivity contribution is 9.10. The van der Waals surface area contributed by atoms with E-state index in [1.54, 1.807) is 0 Å². The van der Waals surface area contributed by atoms with Gasteiger partial charge in [-0.05, 0) is 25.1 Å². The number of amides is 1. The minimum atomic E-state index is -4.79. The van der Waals surface area contributed by atoms with E-state index in [-0.39, 0.29) is 5.69 Å². The van der Waals surface area contributed by atoms with E-state index in [2.05, 4.69) is 21.2 Å². The fourth-order valence-electron chi connectivity index (χ4n) is 1.06. The minimum absolute atomic E-state index is 0.102. The molecule has 1 unspecified atom stereocenters. The molecule has 17 heavy (non-hydrogen) atoms. The standard InChI is InChI=1S/C10H8BrF4NO/c1-5(11)9(17)16-6-2-3-8(12)7(4-6)10(13,14)15/h2-5H,1H3,(H,16,17). The molecule has 0 radical (unpaired) electrons. The number of carbonyl (C=O) groups excluding carboxylic acids is 1. The maximum Gasteiger partial charge on any atom is 0.419 e. The number of rotatable bonds is 2. The van der Waals surface area contributed by atoms with E-state index in [0.29, 0.717) is 12.1 Å². The van der Waals surface area contributed by atoms with Crippen molar-refractivity contribution in [2.45, 2.75) is 17.9 Å². The second kappa shape index (κ2) is 5.03. The number of hydrogen-bond donors (Lipinski definition) is 1. The van der Waals surface area contributed by atoms with Gasteiger partial charge in [-0.2, -0.15) is 13.2 Å². The molecule has 1 N–H and O–H groups in total. The molecule has 94 valence electrons. The molecule has 0 saturated heterocycles. The Balaban J connectivity index is 3.01. The molecule has 1 aromatic carbocycles. The van der Waals surface area contributed by atoms with Crippen molar-refractivity contribution in [2.75, 3.05) is 5.32 Å². The molecule has 0 aliphatic heterocycles. The largest absolute Gasteiger partial charge is 0.419 e. The third-order valence-electron chi connectivity index (χ3n) is 1.90. The number of alkyl halides is 4. The SMILES string of the molecule is CC(Br)C(=O)Nc1ccc(F)c(C(F)(F)F)c1. The maximum atomic E-state index is 12.9. The van der Waals surface area contributed by atoms with Crippen molar-refractivity contribution in [2.24, 2.45) is 0 Å². The van der Waals surface area contributed by atoms with Gasteiger partial charge >= 0.3 is 6.18 Å². The number of anilines is 1. The molecule has 0 heterocycles. The van der Waals surface area contributed by atoms with E-state index in [9.17, 15) is 22.4 Å². The van der Waals surface area contributed by atoms with Gasteiger partial charge in [0.2, 0.25) is 5.91 Å². The van der Waals surface area contributed by atoms with E-state index < -0.39 is 28.3 Å². The molecule has 2 nitrogen and oxygen atoms in total. The van der Waals surface area contributed by atoms with Gasteiger partial charge in [0, 0.05) is 5.69 Å². The molecule has 0 bridgehead atoms. The van der Waals surface area contributed by atoms with Crippen LogP contribution in [-0.2, 0) is 11.0 Å². The van der Waals surface area contributed by atoms with Gasteiger partial charge in [0.15, 0.2) is 0 Å².